The van der Waals surface area contributed by atoms with Crippen LogP contribution in [0.25, 0.3) is 10.8 Å². The fourth-order valence-electron chi connectivity index (χ4n) is 1.65. The van der Waals surface area contributed by atoms with Crippen LogP contribution < -0.4 is 4.90 Å². The van der Waals surface area contributed by atoms with Gasteiger partial charge in [-0.05, 0) is 13.8 Å². The van der Waals surface area contributed by atoms with Crippen LogP contribution >= 0.6 is 0 Å². The van der Waals surface area contributed by atoms with E-state index < -0.39 is 0 Å². The van der Waals surface area contributed by atoms with E-state index in [1.807, 2.05) is 50.1 Å². The Hall–Kier alpha value is -1.68. The third-order valence-corrected chi connectivity index (χ3v) is 3.16. The number of aliphatic hydroxyl groups excluding tert-OH is 1. The molecule has 0 fully saturated rings. The summed E-state index contributed by atoms with van der Waals surface area (Å²) in [5.74, 6) is 0.794. The Morgan fingerprint density at radius 3 is 2.71 bits per heavy atom. The topological polar surface area (TPSA) is 49.2 Å². The molecule has 90 valence electrons. The minimum atomic E-state index is -0.362. The molecule has 0 spiro atoms. The molecule has 1 heterocycles. The van der Waals surface area contributed by atoms with Crippen molar-refractivity contribution in [3.05, 3.63) is 30.5 Å². The molecule has 0 amide bonds. The molecule has 0 aliphatic carbocycles. The van der Waals surface area contributed by atoms with E-state index in [9.17, 15) is 5.11 Å². The maximum Gasteiger partial charge on any atom is 0.159 e. The lowest BCUT2D eigenvalue weighted by atomic mass is 10.0. The second-order valence-corrected chi connectivity index (χ2v) is 4.78. The Balaban J connectivity index is 2.56. The number of aromatic nitrogens is 2. The lowest BCUT2D eigenvalue weighted by Crippen LogP contribution is -2.45. The van der Waals surface area contributed by atoms with Crippen LogP contribution in [-0.4, -0.2) is 34.5 Å². The summed E-state index contributed by atoms with van der Waals surface area (Å²) in [6, 6.07) is 7.98. The van der Waals surface area contributed by atoms with Crippen molar-refractivity contribution in [3.8, 4) is 0 Å². The highest BCUT2D eigenvalue weighted by atomic mass is 16.3. The molecule has 2 rings (SSSR count). The lowest BCUT2D eigenvalue weighted by molar-refractivity contribution is 0.215. The van der Waals surface area contributed by atoms with Gasteiger partial charge in [0.2, 0.25) is 0 Å². The normalized spacial score (nSPS) is 11.8. The molecule has 0 saturated carbocycles. The molecule has 0 saturated heterocycles. The first kappa shape index (κ1) is 11.8. The lowest BCUT2D eigenvalue weighted by Gasteiger charge is -2.35. The summed E-state index contributed by atoms with van der Waals surface area (Å²) < 4.78 is 0. The molecule has 0 aliphatic rings. The molecule has 17 heavy (non-hydrogen) atoms. The Morgan fingerprint density at radius 1 is 1.29 bits per heavy atom. The highest BCUT2D eigenvalue weighted by molar-refractivity contribution is 5.91. The average Bonchev–Trinajstić information content (AvgIpc) is 2.37. The smallest absolute Gasteiger partial charge is 0.159 e. The Morgan fingerprint density at radius 2 is 2.00 bits per heavy atom. The van der Waals surface area contributed by atoms with E-state index in [0.29, 0.717) is 0 Å². The van der Waals surface area contributed by atoms with Crippen LogP contribution in [0.4, 0.5) is 5.82 Å². The fourth-order valence-corrected chi connectivity index (χ4v) is 1.65. The second-order valence-electron chi connectivity index (χ2n) is 4.78. The molecule has 4 nitrogen and oxygen atoms in total. The molecule has 0 radical (unpaired) electrons. The molecule has 1 N–H and O–H groups in total. The molecule has 0 aliphatic heterocycles. The van der Waals surface area contributed by atoms with Gasteiger partial charge < -0.3 is 10.0 Å². The van der Waals surface area contributed by atoms with Gasteiger partial charge in [0.25, 0.3) is 0 Å². The van der Waals surface area contributed by atoms with E-state index >= 15 is 0 Å². The molecular weight excluding hydrogens is 214 g/mol. The van der Waals surface area contributed by atoms with Gasteiger partial charge in [-0.1, -0.05) is 24.3 Å². The monoisotopic (exact) mass is 231 g/mol. The summed E-state index contributed by atoms with van der Waals surface area (Å²) in [5, 5.41) is 19.7. The summed E-state index contributed by atoms with van der Waals surface area (Å²) >= 11 is 0. The fraction of sp³-hybridized carbons (Fsp3) is 0.385. The molecule has 2 aromatic rings. The number of benzene rings is 1. The minimum absolute atomic E-state index is 0.0639. The molecule has 0 atom stereocenters. The number of rotatable bonds is 3. The Kier molecular flexibility index (Phi) is 2.98. The zero-order chi connectivity index (χ0) is 12.5. The number of likely N-dealkylation sites (N-methyl/N-ethyl adjacent to an activating group) is 1. The van der Waals surface area contributed by atoms with Gasteiger partial charge in [-0.3, -0.25) is 0 Å². The van der Waals surface area contributed by atoms with Crippen molar-refractivity contribution in [1.82, 2.24) is 10.2 Å². The first-order valence-corrected chi connectivity index (χ1v) is 5.61. The zero-order valence-electron chi connectivity index (χ0n) is 10.4. The highest BCUT2D eigenvalue weighted by Gasteiger charge is 2.25. The zero-order valence-corrected chi connectivity index (χ0v) is 10.4. The summed E-state index contributed by atoms with van der Waals surface area (Å²) in [7, 11) is 1.92. The van der Waals surface area contributed by atoms with E-state index in [1.54, 1.807) is 6.20 Å². The van der Waals surface area contributed by atoms with E-state index in [0.717, 1.165) is 16.6 Å². The number of anilines is 1. The van der Waals surface area contributed by atoms with Crippen LogP contribution in [0.5, 0.6) is 0 Å². The van der Waals surface area contributed by atoms with Crippen molar-refractivity contribution >= 4 is 16.6 Å². The van der Waals surface area contributed by atoms with Crippen molar-refractivity contribution in [2.24, 2.45) is 0 Å². The molecule has 1 aromatic heterocycles. The Labute approximate surface area is 101 Å². The first-order valence-electron chi connectivity index (χ1n) is 5.61. The number of nitrogens with zero attached hydrogens (tertiary/aromatic N) is 3. The highest BCUT2D eigenvalue weighted by Crippen LogP contribution is 2.26. The van der Waals surface area contributed by atoms with E-state index in [-0.39, 0.29) is 12.1 Å². The standard InChI is InChI=1S/C13H17N3O/c1-13(2,9-17)16(3)12-11-7-5-4-6-10(11)8-14-15-12/h4-8,17H,9H2,1-3H3. The van der Waals surface area contributed by atoms with Crippen LogP contribution in [-0.2, 0) is 0 Å². The summed E-state index contributed by atoms with van der Waals surface area (Å²) in [4.78, 5) is 1.96. The van der Waals surface area contributed by atoms with Gasteiger partial charge in [0.15, 0.2) is 5.82 Å². The third kappa shape index (κ3) is 2.08. The summed E-state index contributed by atoms with van der Waals surface area (Å²) in [6.07, 6.45) is 1.75. The quantitative estimate of drug-likeness (QED) is 0.875. The van der Waals surface area contributed by atoms with Gasteiger partial charge in [0.1, 0.15) is 0 Å². The van der Waals surface area contributed by atoms with Crippen LogP contribution in [0, 0.1) is 0 Å². The third-order valence-electron chi connectivity index (χ3n) is 3.16. The van der Waals surface area contributed by atoms with Crippen molar-refractivity contribution in [2.45, 2.75) is 19.4 Å². The predicted molar refractivity (Wildman–Crippen MR) is 69.1 cm³/mol. The maximum absolute atomic E-state index is 9.41. The van der Waals surface area contributed by atoms with Gasteiger partial charge >= 0.3 is 0 Å². The SMILES string of the molecule is CN(c1nncc2ccccc12)C(C)(C)CO. The summed E-state index contributed by atoms with van der Waals surface area (Å²) in [6.45, 7) is 4.00. The van der Waals surface area contributed by atoms with Gasteiger partial charge in [-0.2, -0.15) is 5.10 Å². The van der Waals surface area contributed by atoms with Crippen molar-refractivity contribution < 1.29 is 5.11 Å². The maximum atomic E-state index is 9.41. The molecule has 0 unspecified atom stereocenters. The van der Waals surface area contributed by atoms with Gasteiger partial charge in [0, 0.05) is 17.8 Å². The molecular formula is C13H17N3O. The van der Waals surface area contributed by atoms with Crippen LogP contribution in [0.15, 0.2) is 30.5 Å². The molecule has 4 heteroatoms. The first-order chi connectivity index (χ1) is 8.06. The van der Waals surface area contributed by atoms with Crippen molar-refractivity contribution in [1.29, 1.82) is 0 Å². The van der Waals surface area contributed by atoms with E-state index in [2.05, 4.69) is 10.2 Å². The number of hydrogen-bond donors (Lipinski definition) is 1. The molecule has 0 bridgehead atoms. The number of hydrogen-bond acceptors (Lipinski definition) is 4. The number of aliphatic hydroxyl groups is 1. The van der Waals surface area contributed by atoms with Crippen LogP contribution in [0.3, 0.4) is 0 Å². The Bertz CT molecular complexity index is 520. The van der Waals surface area contributed by atoms with Gasteiger partial charge in [-0.15, -0.1) is 5.10 Å². The van der Waals surface area contributed by atoms with Gasteiger partial charge in [-0.25, -0.2) is 0 Å². The van der Waals surface area contributed by atoms with Crippen molar-refractivity contribution in [2.75, 3.05) is 18.6 Å². The van der Waals surface area contributed by atoms with E-state index in [4.69, 9.17) is 0 Å². The van der Waals surface area contributed by atoms with Crippen LogP contribution in [0.2, 0.25) is 0 Å². The average molecular weight is 231 g/mol. The largest absolute Gasteiger partial charge is 0.394 e. The summed E-state index contributed by atoms with van der Waals surface area (Å²) in [5.41, 5.74) is -0.362. The van der Waals surface area contributed by atoms with Crippen LogP contribution in [0.1, 0.15) is 13.8 Å². The van der Waals surface area contributed by atoms with E-state index in [1.165, 1.54) is 0 Å². The van der Waals surface area contributed by atoms with Crippen molar-refractivity contribution in [3.63, 3.8) is 0 Å². The van der Waals surface area contributed by atoms with Gasteiger partial charge in [0.05, 0.1) is 18.3 Å². The molecule has 1 aromatic carbocycles. The number of fused-ring (bicyclic) bond motifs is 1. The predicted octanol–water partition coefficient (Wildman–Crippen LogP) is 1.84. The second kappa shape index (κ2) is 4.30. The minimum Gasteiger partial charge on any atom is -0.394 e.